The summed E-state index contributed by atoms with van der Waals surface area (Å²) < 4.78 is 0. The lowest BCUT2D eigenvalue weighted by molar-refractivity contribution is 0.219. The Kier molecular flexibility index (Phi) is 3.08. The molecule has 1 saturated heterocycles. The van der Waals surface area contributed by atoms with Crippen molar-refractivity contribution in [3.8, 4) is 0 Å². The van der Waals surface area contributed by atoms with Crippen LogP contribution in [0.1, 0.15) is 25.0 Å². The van der Waals surface area contributed by atoms with Gasteiger partial charge in [0.25, 0.3) is 0 Å². The molecule has 0 amide bonds. The molecule has 3 rings (SSSR count). The van der Waals surface area contributed by atoms with Crippen molar-refractivity contribution in [2.45, 2.75) is 25.8 Å². The fourth-order valence-corrected chi connectivity index (χ4v) is 2.79. The molecule has 90 valence electrons. The Morgan fingerprint density at radius 1 is 1.12 bits per heavy atom. The van der Waals surface area contributed by atoms with Crippen molar-refractivity contribution in [3.63, 3.8) is 0 Å². The van der Waals surface area contributed by atoms with E-state index in [0.29, 0.717) is 0 Å². The molecule has 0 aliphatic carbocycles. The van der Waals surface area contributed by atoms with E-state index < -0.39 is 0 Å². The first-order chi connectivity index (χ1) is 8.31. The van der Waals surface area contributed by atoms with Crippen LogP contribution in [-0.4, -0.2) is 23.0 Å². The number of benzene rings is 1. The molecule has 1 N–H and O–H groups in total. The number of aromatic nitrogens is 1. The summed E-state index contributed by atoms with van der Waals surface area (Å²) in [6.07, 6.45) is 4.07. The Balaban J connectivity index is 1.80. The molecule has 2 aromatic rings. The first-order valence-electron chi connectivity index (χ1n) is 6.31. The lowest BCUT2D eigenvalue weighted by Crippen LogP contribution is -2.29. The molecule has 1 fully saturated rings. The summed E-state index contributed by atoms with van der Waals surface area (Å²) in [6.45, 7) is 3.50. The zero-order valence-electron chi connectivity index (χ0n) is 9.88. The zero-order valence-corrected chi connectivity index (χ0v) is 10.6. The standard InChI is InChI=1S/C14H17ClN2/c15-12-4-5-14-11(8-12)9-13(16-14)10-17-6-2-1-3-7-17/h4-5,8-9,16H,1-3,6-7,10H2. The van der Waals surface area contributed by atoms with Gasteiger partial charge in [-0.1, -0.05) is 18.0 Å². The van der Waals surface area contributed by atoms with Gasteiger partial charge < -0.3 is 4.98 Å². The third kappa shape index (κ3) is 2.48. The number of aromatic amines is 1. The number of likely N-dealkylation sites (tertiary alicyclic amines) is 1. The predicted molar refractivity (Wildman–Crippen MR) is 72.4 cm³/mol. The van der Waals surface area contributed by atoms with Crippen molar-refractivity contribution < 1.29 is 0 Å². The maximum atomic E-state index is 6.00. The van der Waals surface area contributed by atoms with Crippen LogP contribution < -0.4 is 0 Å². The summed E-state index contributed by atoms with van der Waals surface area (Å²) in [5.74, 6) is 0. The van der Waals surface area contributed by atoms with E-state index in [2.05, 4.69) is 22.0 Å². The van der Waals surface area contributed by atoms with Gasteiger partial charge in [-0.2, -0.15) is 0 Å². The quantitative estimate of drug-likeness (QED) is 0.856. The number of halogens is 1. The molecular formula is C14H17ClN2. The van der Waals surface area contributed by atoms with E-state index >= 15 is 0 Å². The van der Waals surface area contributed by atoms with Crippen molar-refractivity contribution in [3.05, 3.63) is 35.0 Å². The molecule has 0 spiro atoms. The van der Waals surface area contributed by atoms with E-state index in [4.69, 9.17) is 11.6 Å². The number of piperidine rings is 1. The summed E-state index contributed by atoms with van der Waals surface area (Å²) in [5, 5.41) is 2.02. The minimum atomic E-state index is 0.807. The van der Waals surface area contributed by atoms with Gasteiger partial charge in [0, 0.05) is 28.2 Å². The largest absolute Gasteiger partial charge is 0.357 e. The first-order valence-corrected chi connectivity index (χ1v) is 6.68. The van der Waals surface area contributed by atoms with E-state index in [1.165, 1.54) is 48.9 Å². The maximum Gasteiger partial charge on any atom is 0.0457 e. The van der Waals surface area contributed by atoms with Gasteiger partial charge in [0.05, 0.1) is 0 Å². The number of fused-ring (bicyclic) bond motifs is 1. The van der Waals surface area contributed by atoms with Crippen molar-refractivity contribution in [1.82, 2.24) is 9.88 Å². The van der Waals surface area contributed by atoms with E-state index in [1.54, 1.807) is 0 Å². The first kappa shape index (κ1) is 11.1. The molecule has 1 aliphatic rings. The molecule has 1 aliphatic heterocycles. The summed E-state index contributed by atoms with van der Waals surface area (Å²) in [5.41, 5.74) is 2.48. The second-order valence-electron chi connectivity index (χ2n) is 4.86. The normalized spacial score (nSPS) is 17.7. The van der Waals surface area contributed by atoms with Gasteiger partial charge in [0.2, 0.25) is 0 Å². The molecule has 0 radical (unpaired) electrons. The lowest BCUT2D eigenvalue weighted by atomic mass is 10.1. The topological polar surface area (TPSA) is 19.0 Å². The fourth-order valence-electron chi connectivity index (χ4n) is 2.61. The van der Waals surface area contributed by atoms with Crippen LogP contribution in [0.25, 0.3) is 10.9 Å². The van der Waals surface area contributed by atoms with Crippen LogP contribution >= 0.6 is 11.6 Å². The van der Waals surface area contributed by atoms with E-state index in [-0.39, 0.29) is 0 Å². The minimum absolute atomic E-state index is 0.807. The fraction of sp³-hybridized carbons (Fsp3) is 0.429. The molecular weight excluding hydrogens is 232 g/mol. The van der Waals surface area contributed by atoms with E-state index in [9.17, 15) is 0 Å². The molecule has 1 aromatic carbocycles. The van der Waals surface area contributed by atoms with Gasteiger partial charge in [-0.15, -0.1) is 0 Å². The van der Waals surface area contributed by atoms with Crippen molar-refractivity contribution in [2.75, 3.05) is 13.1 Å². The highest BCUT2D eigenvalue weighted by Crippen LogP contribution is 2.21. The predicted octanol–water partition coefficient (Wildman–Crippen LogP) is 3.81. The highest BCUT2D eigenvalue weighted by Gasteiger charge is 2.11. The molecule has 1 aromatic heterocycles. The van der Waals surface area contributed by atoms with Gasteiger partial charge in [0.1, 0.15) is 0 Å². The van der Waals surface area contributed by atoms with E-state index in [1.807, 2.05) is 12.1 Å². The van der Waals surface area contributed by atoms with Crippen LogP contribution in [0.4, 0.5) is 0 Å². The average Bonchev–Trinajstić information content (AvgIpc) is 2.71. The van der Waals surface area contributed by atoms with Crippen LogP contribution in [0, 0.1) is 0 Å². The second kappa shape index (κ2) is 4.71. The van der Waals surface area contributed by atoms with Gasteiger partial charge in [-0.25, -0.2) is 0 Å². The Labute approximate surface area is 107 Å². The summed E-state index contributed by atoms with van der Waals surface area (Å²) >= 11 is 6.00. The molecule has 0 bridgehead atoms. The SMILES string of the molecule is Clc1ccc2[nH]c(CN3CCCCC3)cc2c1. The monoisotopic (exact) mass is 248 g/mol. The number of hydrogen-bond donors (Lipinski definition) is 1. The van der Waals surface area contributed by atoms with Crippen molar-refractivity contribution in [1.29, 1.82) is 0 Å². The van der Waals surface area contributed by atoms with Crippen LogP contribution in [0.15, 0.2) is 24.3 Å². The number of nitrogens with zero attached hydrogens (tertiary/aromatic N) is 1. The number of rotatable bonds is 2. The van der Waals surface area contributed by atoms with Crippen LogP contribution in [-0.2, 0) is 6.54 Å². The highest BCUT2D eigenvalue weighted by atomic mass is 35.5. The molecule has 0 unspecified atom stereocenters. The molecule has 2 nitrogen and oxygen atoms in total. The number of H-pyrrole nitrogens is 1. The number of hydrogen-bond acceptors (Lipinski definition) is 1. The highest BCUT2D eigenvalue weighted by molar-refractivity contribution is 6.31. The van der Waals surface area contributed by atoms with Gasteiger partial charge in [-0.05, 0) is 50.2 Å². The van der Waals surface area contributed by atoms with Gasteiger partial charge in [-0.3, -0.25) is 4.90 Å². The minimum Gasteiger partial charge on any atom is -0.357 e. The third-order valence-electron chi connectivity index (χ3n) is 3.48. The van der Waals surface area contributed by atoms with Crippen LogP contribution in [0.2, 0.25) is 5.02 Å². The molecule has 0 atom stereocenters. The van der Waals surface area contributed by atoms with Gasteiger partial charge in [0.15, 0.2) is 0 Å². The number of nitrogens with one attached hydrogen (secondary N) is 1. The molecule has 2 heterocycles. The van der Waals surface area contributed by atoms with E-state index in [0.717, 1.165) is 11.6 Å². The Hall–Kier alpha value is -0.990. The molecule has 17 heavy (non-hydrogen) atoms. The summed E-state index contributed by atoms with van der Waals surface area (Å²) in [4.78, 5) is 5.99. The van der Waals surface area contributed by atoms with Crippen molar-refractivity contribution >= 4 is 22.5 Å². The average molecular weight is 249 g/mol. The Morgan fingerprint density at radius 3 is 2.76 bits per heavy atom. The van der Waals surface area contributed by atoms with Crippen molar-refractivity contribution in [2.24, 2.45) is 0 Å². The smallest absolute Gasteiger partial charge is 0.0457 e. The summed E-state index contributed by atoms with van der Waals surface area (Å²) in [6, 6.07) is 8.23. The van der Waals surface area contributed by atoms with Crippen LogP contribution in [0.5, 0.6) is 0 Å². The Bertz CT molecular complexity index is 512. The summed E-state index contributed by atoms with van der Waals surface area (Å²) in [7, 11) is 0. The zero-order chi connectivity index (χ0) is 11.7. The van der Waals surface area contributed by atoms with Crippen LogP contribution in [0.3, 0.4) is 0 Å². The lowest BCUT2D eigenvalue weighted by Gasteiger charge is -2.25. The third-order valence-corrected chi connectivity index (χ3v) is 3.72. The maximum absolute atomic E-state index is 6.00. The molecule has 3 heteroatoms. The Morgan fingerprint density at radius 2 is 1.94 bits per heavy atom. The van der Waals surface area contributed by atoms with Gasteiger partial charge >= 0.3 is 0 Å². The molecule has 0 saturated carbocycles. The second-order valence-corrected chi connectivity index (χ2v) is 5.30.